The van der Waals surface area contributed by atoms with Gasteiger partial charge in [-0.2, -0.15) is 0 Å². The lowest BCUT2D eigenvalue weighted by atomic mass is 9.85. The van der Waals surface area contributed by atoms with Crippen molar-refractivity contribution in [3.05, 3.63) is 35.9 Å². The molecule has 3 atom stereocenters. The monoisotopic (exact) mass is 291 g/mol. The molecule has 0 saturated carbocycles. The number of hydrogen-bond acceptors (Lipinski definition) is 2. The van der Waals surface area contributed by atoms with Crippen molar-refractivity contribution in [2.75, 3.05) is 0 Å². The standard InChI is InChI=1S/C18H29NO2/c1-12(2)19(13(3)4)18(21)15(6)14(5)17(20)16-10-8-7-9-11-16/h7-15,17,20H,1-6H3/t14-,15+,17+/m1/s1. The van der Waals surface area contributed by atoms with Crippen LogP contribution >= 0.6 is 0 Å². The molecule has 1 aromatic carbocycles. The minimum atomic E-state index is -0.619. The SMILES string of the molecule is CC(C)N(C(=O)[C@@H](C)[C@@H](C)[C@H](O)c1ccccc1)C(C)C. The van der Waals surface area contributed by atoms with Crippen LogP contribution in [0.4, 0.5) is 0 Å². The number of carbonyl (C=O) groups excluding carboxylic acids is 1. The summed E-state index contributed by atoms with van der Waals surface area (Å²) >= 11 is 0. The third-order valence-corrected chi connectivity index (χ3v) is 4.18. The first-order valence-corrected chi connectivity index (χ1v) is 7.82. The van der Waals surface area contributed by atoms with E-state index in [4.69, 9.17) is 0 Å². The molecule has 0 bridgehead atoms. The van der Waals surface area contributed by atoms with Crippen molar-refractivity contribution in [2.24, 2.45) is 11.8 Å². The number of hydrogen-bond donors (Lipinski definition) is 1. The maximum Gasteiger partial charge on any atom is 0.226 e. The highest BCUT2D eigenvalue weighted by atomic mass is 16.3. The van der Waals surface area contributed by atoms with Gasteiger partial charge in [-0.15, -0.1) is 0 Å². The summed E-state index contributed by atoms with van der Waals surface area (Å²) in [5, 5.41) is 10.5. The highest BCUT2D eigenvalue weighted by Gasteiger charge is 2.32. The molecule has 0 aromatic heterocycles. The van der Waals surface area contributed by atoms with Crippen LogP contribution in [0.5, 0.6) is 0 Å². The second kappa shape index (κ2) is 7.60. The molecule has 118 valence electrons. The van der Waals surface area contributed by atoms with Crippen LogP contribution in [0.15, 0.2) is 30.3 Å². The number of aliphatic hydroxyl groups is 1. The fourth-order valence-corrected chi connectivity index (χ4v) is 2.79. The Morgan fingerprint density at radius 3 is 1.86 bits per heavy atom. The van der Waals surface area contributed by atoms with E-state index in [1.807, 2.05) is 76.8 Å². The van der Waals surface area contributed by atoms with Crippen LogP contribution in [0.2, 0.25) is 0 Å². The molecule has 0 aliphatic heterocycles. The Morgan fingerprint density at radius 1 is 0.952 bits per heavy atom. The summed E-state index contributed by atoms with van der Waals surface area (Å²) in [6.07, 6.45) is -0.619. The molecule has 0 radical (unpaired) electrons. The number of benzene rings is 1. The first-order valence-electron chi connectivity index (χ1n) is 7.82. The quantitative estimate of drug-likeness (QED) is 0.869. The second-order valence-corrected chi connectivity index (χ2v) is 6.44. The van der Waals surface area contributed by atoms with Gasteiger partial charge >= 0.3 is 0 Å². The molecular weight excluding hydrogens is 262 g/mol. The molecule has 1 rings (SSSR count). The van der Waals surface area contributed by atoms with Gasteiger partial charge in [0.05, 0.1) is 6.10 Å². The number of amides is 1. The Hall–Kier alpha value is -1.35. The Morgan fingerprint density at radius 2 is 1.43 bits per heavy atom. The number of carbonyl (C=O) groups is 1. The van der Waals surface area contributed by atoms with Crippen LogP contribution < -0.4 is 0 Å². The number of rotatable bonds is 6. The number of nitrogens with zero attached hydrogens (tertiary/aromatic N) is 1. The van der Waals surface area contributed by atoms with Crippen molar-refractivity contribution in [1.29, 1.82) is 0 Å². The molecule has 0 aliphatic carbocycles. The normalized spacial score (nSPS) is 15.9. The minimum Gasteiger partial charge on any atom is -0.388 e. The molecule has 0 aliphatic rings. The van der Waals surface area contributed by atoms with E-state index < -0.39 is 6.10 Å². The van der Waals surface area contributed by atoms with Gasteiger partial charge in [-0.25, -0.2) is 0 Å². The molecule has 0 spiro atoms. The summed E-state index contributed by atoms with van der Waals surface area (Å²) in [6, 6.07) is 9.89. The highest BCUT2D eigenvalue weighted by molar-refractivity contribution is 5.79. The van der Waals surface area contributed by atoms with Crippen LogP contribution in [0.3, 0.4) is 0 Å². The van der Waals surface area contributed by atoms with Gasteiger partial charge in [-0.05, 0) is 39.2 Å². The average Bonchev–Trinajstić information content (AvgIpc) is 2.45. The van der Waals surface area contributed by atoms with Gasteiger partial charge in [0.1, 0.15) is 0 Å². The van der Waals surface area contributed by atoms with Gasteiger partial charge in [-0.1, -0.05) is 44.2 Å². The lowest BCUT2D eigenvalue weighted by Gasteiger charge is -2.35. The predicted octanol–water partition coefficient (Wildman–Crippen LogP) is 3.64. The Balaban J connectivity index is 2.86. The van der Waals surface area contributed by atoms with E-state index in [1.54, 1.807) is 0 Å². The first-order chi connectivity index (χ1) is 9.77. The van der Waals surface area contributed by atoms with E-state index in [9.17, 15) is 9.90 Å². The predicted molar refractivity (Wildman–Crippen MR) is 86.8 cm³/mol. The van der Waals surface area contributed by atoms with Crippen LogP contribution in [-0.4, -0.2) is 28.0 Å². The van der Waals surface area contributed by atoms with Crippen molar-refractivity contribution in [3.8, 4) is 0 Å². The van der Waals surface area contributed by atoms with E-state index in [0.717, 1.165) is 5.56 Å². The summed E-state index contributed by atoms with van der Waals surface area (Å²) in [7, 11) is 0. The smallest absolute Gasteiger partial charge is 0.226 e. The molecule has 3 heteroatoms. The van der Waals surface area contributed by atoms with Crippen molar-refractivity contribution in [2.45, 2.75) is 59.7 Å². The van der Waals surface area contributed by atoms with E-state index in [-0.39, 0.29) is 29.8 Å². The minimum absolute atomic E-state index is 0.113. The van der Waals surface area contributed by atoms with Gasteiger partial charge in [0.2, 0.25) is 5.91 Å². The first kappa shape index (κ1) is 17.7. The third kappa shape index (κ3) is 4.31. The molecule has 1 amide bonds. The van der Waals surface area contributed by atoms with Gasteiger partial charge in [-0.3, -0.25) is 4.79 Å². The van der Waals surface area contributed by atoms with Crippen LogP contribution in [0, 0.1) is 11.8 Å². The van der Waals surface area contributed by atoms with Gasteiger partial charge < -0.3 is 10.0 Å². The van der Waals surface area contributed by atoms with Crippen LogP contribution in [-0.2, 0) is 4.79 Å². The third-order valence-electron chi connectivity index (χ3n) is 4.18. The Kier molecular flexibility index (Phi) is 6.41. The van der Waals surface area contributed by atoms with Crippen LogP contribution in [0.25, 0.3) is 0 Å². The van der Waals surface area contributed by atoms with Crippen molar-refractivity contribution >= 4 is 5.91 Å². The Labute approximate surface area is 129 Å². The van der Waals surface area contributed by atoms with E-state index in [2.05, 4.69) is 0 Å². The molecule has 1 aromatic rings. The molecule has 0 saturated heterocycles. The molecular formula is C18H29NO2. The van der Waals surface area contributed by atoms with Crippen molar-refractivity contribution in [1.82, 2.24) is 4.90 Å². The van der Waals surface area contributed by atoms with E-state index in [1.165, 1.54) is 0 Å². The molecule has 21 heavy (non-hydrogen) atoms. The number of aliphatic hydroxyl groups excluding tert-OH is 1. The topological polar surface area (TPSA) is 40.5 Å². The zero-order chi connectivity index (χ0) is 16.2. The second-order valence-electron chi connectivity index (χ2n) is 6.44. The fraction of sp³-hybridized carbons (Fsp3) is 0.611. The lowest BCUT2D eigenvalue weighted by Crippen LogP contribution is -2.46. The summed E-state index contributed by atoms with van der Waals surface area (Å²) in [5.41, 5.74) is 0.866. The fourth-order valence-electron chi connectivity index (χ4n) is 2.79. The van der Waals surface area contributed by atoms with Crippen molar-refractivity contribution < 1.29 is 9.90 Å². The molecule has 0 unspecified atom stereocenters. The largest absolute Gasteiger partial charge is 0.388 e. The lowest BCUT2D eigenvalue weighted by molar-refractivity contribution is -0.141. The maximum atomic E-state index is 12.7. The highest BCUT2D eigenvalue weighted by Crippen LogP contribution is 2.29. The molecule has 0 heterocycles. The summed E-state index contributed by atoms with van der Waals surface area (Å²) in [4.78, 5) is 14.6. The molecule has 3 nitrogen and oxygen atoms in total. The summed E-state index contributed by atoms with van der Waals surface area (Å²) in [5.74, 6) is -0.229. The maximum absolute atomic E-state index is 12.7. The van der Waals surface area contributed by atoms with Gasteiger partial charge in [0, 0.05) is 18.0 Å². The van der Waals surface area contributed by atoms with Gasteiger partial charge in [0.25, 0.3) is 0 Å². The van der Waals surface area contributed by atoms with Crippen LogP contribution in [0.1, 0.15) is 53.2 Å². The van der Waals surface area contributed by atoms with Crippen molar-refractivity contribution in [3.63, 3.8) is 0 Å². The van der Waals surface area contributed by atoms with E-state index in [0.29, 0.717) is 0 Å². The zero-order valence-electron chi connectivity index (χ0n) is 14.1. The zero-order valence-corrected chi connectivity index (χ0v) is 14.1. The van der Waals surface area contributed by atoms with E-state index >= 15 is 0 Å². The summed E-state index contributed by atoms with van der Waals surface area (Å²) in [6.45, 7) is 12.0. The molecule has 1 N–H and O–H groups in total. The average molecular weight is 291 g/mol. The summed E-state index contributed by atoms with van der Waals surface area (Å²) < 4.78 is 0. The van der Waals surface area contributed by atoms with Gasteiger partial charge in [0.15, 0.2) is 0 Å². The molecule has 0 fully saturated rings. The Bertz CT molecular complexity index is 434.